The average molecular weight is 424 g/mol. The topological polar surface area (TPSA) is 88.9 Å². The molecule has 0 fully saturated rings. The van der Waals surface area contributed by atoms with Crippen LogP contribution >= 0.6 is 15.9 Å². The minimum Gasteiger partial charge on any atom is -0.495 e. The van der Waals surface area contributed by atoms with Crippen molar-refractivity contribution in [3.8, 4) is 17.0 Å². The first-order valence-corrected chi connectivity index (χ1v) is 9.17. The number of benzene rings is 2. The van der Waals surface area contributed by atoms with Crippen LogP contribution in [0.2, 0.25) is 0 Å². The van der Waals surface area contributed by atoms with Crippen LogP contribution < -0.4 is 15.8 Å². The SMILES string of the molecule is COc1cc(Br)c(N)cc1Nc1nccc(-c2c(C)[nH]c3ccccc23)n1. The van der Waals surface area contributed by atoms with Crippen molar-refractivity contribution in [1.82, 2.24) is 15.0 Å². The number of hydrogen-bond donors (Lipinski definition) is 3. The van der Waals surface area contributed by atoms with Gasteiger partial charge in [0.2, 0.25) is 5.95 Å². The van der Waals surface area contributed by atoms with Crippen molar-refractivity contribution in [2.45, 2.75) is 6.92 Å². The molecule has 0 bridgehead atoms. The van der Waals surface area contributed by atoms with Crippen LogP contribution in [-0.2, 0) is 0 Å². The Morgan fingerprint density at radius 3 is 2.81 bits per heavy atom. The zero-order valence-corrected chi connectivity index (χ0v) is 16.5. The number of para-hydroxylation sites is 1. The largest absolute Gasteiger partial charge is 0.495 e. The molecule has 0 aliphatic rings. The van der Waals surface area contributed by atoms with Gasteiger partial charge in [-0.2, -0.15) is 0 Å². The normalized spacial score (nSPS) is 10.9. The average Bonchev–Trinajstić information content (AvgIpc) is 3.00. The van der Waals surface area contributed by atoms with Crippen molar-refractivity contribution in [1.29, 1.82) is 0 Å². The van der Waals surface area contributed by atoms with Crippen LogP contribution in [0.4, 0.5) is 17.3 Å². The number of hydrogen-bond acceptors (Lipinski definition) is 5. The Morgan fingerprint density at radius 1 is 1.19 bits per heavy atom. The van der Waals surface area contributed by atoms with Crippen LogP contribution in [0.25, 0.3) is 22.2 Å². The highest BCUT2D eigenvalue weighted by atomic mass is 79.9. The Labute approximate surface area is 164 Å². The van der Waals surface area contributed by atoms with Crippen molar-refractivity contribution in [2.24, 2.45) is 0 Å². The number of nitrogens with two attached hydrogens (primary N) is 1. The summed E-state index contributed by atoms with van der Waals surface area (Å²) < 4.78 is 6.20. The van der Waals surface area contributed by atoms with Gasteiger partial charge in [-0.05, 0) is 47.1 Å². The fraction of sp³-hybridized carbons (Fsp3) is 0.100. The molecule has 0 amide bonds. The Kier molecular flexibility index (Phi) is 4.45. The number of fused-ring (bicyclic) bond motifs is 1. The van der Waals surface area contributed by atoms with Crippen LogP contribution in [-0.4, -0.2) is 22.1 Å². The number of nitrogen functional groups attached to an aromatic ring is 1. The molecule has 7 heteroatoms. The number of methoxy groups -OCH3 is 1. The number of rotatable bonds is 4. The Balaban J connectivity index is 1.76. The lowest BCUT2D eigenvalue weighted by atomic mass is 10.1. The fourth-order valence-corrected chi connectivity index (χ4v) is 3.45. The first-order valence-electron chi connectivity index (χ1n) is 8.37. The highest BCUT2D eigenvalue weighted by Crippen LogP contribution is 2.35. The third-order valence-corrected chi connectivity index (χ3v) is 5.06. The molecule has 0 radical (unpaired) electrons. The number of aromatic amines is 1. The second-order valence-corrected chi connectivity index (χ2v) is 6.99. The maximum atomic E-state index is 6.00. The molecule has 136 valence electrons. The summed E-state index contributed by atoms with van der Waals surface area (Å²) in [4.78, 5) is 12.4. The summed E-state index contributed by atoms with van der Waals surface area (Å²) in [6.45, 7) is 2.04. The van der Waals surface area contributed by atoms with E-state index in [-0.39, 0.29) is 0 Å². The van der Waals surface area contributed by atoms with Crippen molar-refractivity contribution in [3.05, 3.63) is 58.8 Å². The van der Waals surface area contributed by atoms with Crippen LogP contribution in [0.1, 0.15) is 5.69 Å². The third kappa shape index (κ3) is 3.21. The lowest BCUT2D eigenvalue weighted by molar-refractivity contribution is 0.416. The van der Waals surface area contributed by atoms with E-state index in [2.05, 4.69) is 43.3 Å². The molecule has 27 heavy (non-hydrogen) atoms. The van der Waals surface area contributed by atoms with E-state index in [1.165, 1.54) is 0 Å². The molecule has 0 aliphatic heterocycles. The van der Waals surface area contributed by atoms with Crippen LogP contribution in [0.5, 0.6) is 5.75 Å². The molecule has 0 unspecified atom stereocenters. The molecule has 2 aromatic carbocycles. The van der Waals surface area contributed by atoms with Gasteiger partial charge < -0.3 is 20.8 Å². The van der Waals surface area contributed by atoms with Gasteiger partial charge in [-0.15, -0.1) is 0 Å². The van der Waals surface area contributed by atoms with E-state index in [1.54, 1.807) is 19.4 Å². The van der Waals surface area contributed by atoms with E-state index in [1.807, 2.05) is 31.2 Å². The van der Waals surface area contributed by atoms with E-state index in [9.17, 15) is 0 Å². The van der Waals surface area contributed by atoms with Gasteiger partial charge in [0.25, 0.3) is 0 Å². The van der Waals surface area contributed by atoms with Gasteiger partial charge in [0, 0.05) is 38.5 Å². The van der Waals surface area contributed by atoms with Crippen LogP contribution in [0, 0.1) is 6.92 Å². The molecule has 0 saturated carbocycles. The number of nitrogens with one attached hydrogen (secondary N) is 2. The number of nitrogens with zero attached hydrogens (tertiary/aromatic N) is 2. The molecule has 0 saturated heterocycles. The highest BCUT2D eigenvalue weighted by Gasteiger charge is 2.13. The van der Waals surface area contributed by atoms with E-state index >= 15 is 0 Å². The number of halogens is 1. The summed E-state index contributed by atoms with van der Waals surface area (Å²) in [5.74, 6) is 1.12. The van der Waals surface area contributed by atoms with Gasteiger partial charge >= 0.3 is 0 Å². The molecule has 0 aliphatic carbocycles. The predicted octanol–water partition coefficient (Wildman–Crippen LogP) is 5.03. The number of aromatic nitrogens is 3. The minimum absolute atomic E-state index is 0.470. The van der Waals surface area contributed by atoms with Crippen molar-refractivity contribution < 1.29 is 4.74 Å². The Hall–Kier alpha value is -3.06. The summed E-state index contributed by atoms with van der Waals surface area (Å²) in [5, 5.41) is 4.33. The van der Waals surface area contributed by atoms with Gasteiger partial charge in [-0.1, -0.05) is 18.2 Å². The summed E-state index contributed by atoms with van der Waals surface area (Å²) >= 11 is 3.41. The first kappa shape index (κ1) is 17.4. The number of H-pyrrole nitrogens is 1. The summed E-state index contributed by atoms with van der Waals surface area (Å²) in [6, 6.07) is 13.7. The molecule has 4 N–H and O–H groups in total. The van der Waals surface area contributed by atoms with Gasteiger partial charge in [0.15, 0.2) is 0 Å². The summed E-state index contributed by atoms with van der Waals surface area (Å²) in [6.07, 6.45) is 1.74. The lowest BCUT2D eigenvalue weighted by Gasteiger charge is -2.12. The smallest absolute Gasteiger partial charge is 0.227 e. The lowest BCUT2D eigenvalue weighted by Crippen LogP contribution is -2.01. The second-order valence-electron chi connectivity index (χ2n) is 6.14. The minimum atomic E-state index is 0.470. The standard InChI is InChI=1S/C20H18BrN5O/c1-11-19(12-5-3-4-6-15(12)24-11)16-7-8-23-20(25-16)26-17-10-14(22)13(21)9-18(17)27-2/h3-10,24H,22H2,1-2H3,(H,23,25,26). The van der Waals surface area contributed by atoms with Crippen LogP contribution in [0.3, 0.4) is 0 Å². The molecule has 4 rings (SSSR count). The first-order chi connectivity index (χ1) is 13.1. The number of ether oxygens (including phenoxy) is 1. The van der Waals surface area contributed by atoms with Crippen molar-refractivity contribution >= 4 is 44.2 Å². The van der Waals surface area contributed by atoms with Gasteiger partial charge in [0.1, 0.15) is 5.75 Å². The van der Waals surface area contributed by atoms with Gasteiger partial charge in [-0.25, -0.2) is 9.97 Å². The summed E-state index contributed by atoms with van der Waals surface area (Å²) in [5.41, 5.74) is 11.4. The molecule has 2 aromatic heterocycles. The van der Waals surface area contributed by atoms with E-state index in [0.717, 1.165) is 32.3 Å². The molecular weight excluding hydrogens is 406 g/mol. The molecule has 6 nitrogen and oxygen atoms in total. The number of aryl methyl sites for hydroxylation is 1. The zero-order valence-electron chi connectivity index (χ0n) is 14.9. The maximum absolute atomic E-state index is 6.00. The van der Waals surface area contributed by atoms with E-state index < -0.39 is 0 Å². The van der Waals surface area contributed by atoms with E-state index in [4.69, 9.17) is 15.5 Å². The fourth-order valence-electron chi connectivity index (χ4n) is 3.12. The second kappa shape index (κ2) is 6.92. The highest BCUT2D eigenvalue weighted by molar-refractivity contribution is 9.10. The predicted molar refractivity (Wildman–Crippen MR) is 112 cm³/mol. The van der Waals surface area contributed by atoms with E-state index in [0.29, 0.717) is 23.1 Å². The third-order valence-electron chi connectivity index (χ3n) is 4.37. The number of anilines is 3. The zero-order chi connectivity index (χ0) is 19.0. The quantitative estimate of drug-likeness (QED) is 0.400. The molecule has 0 atom stereocenters. The maximum Gasteiger partial charge on any atom is 0.227 e. The van der Waals surface area contributed by atoms with Crippen molar-refractivity contribution in [3.63, 3.8) is 0 Å². The molecule has 0 spiro atoms. The van der Waals surface area contributed by atoms with Gasteiger partial charge in [-0.3, -0.25) is 0 Å². The Bertz CT molecular complexity index is 1140. The van der Waals surface area contributed by atoms with Gasteiger partial charge in [0.05, 0.1) is 18.5 Å². The molecule has 4 aromatic rings. The monoisotopic (exact) mass is 423 g/mol. The Morgan fingerprint density at radius 2 is 2.00 bits per heavy atom. The van der Waals surface area contributed by atoms with Crippen LogP contribution in [0.15, 0.2) is 53.1 Å². The summed E-state index contributed by atoms with van der Waals surface area (Å²) in [7, 11) is 1.61. The molecular formula is C20H18BrN5O. The van der Waals surface area contributed by atoms with Crippen molar-refractivity contribution in [2.75, 3.05) is 18.2 Å². The molecule has 2 heterocycles.